The summed E-state index contributed by atoms with van der Waals surface area (Å²) in [6, 6.07) is 17.6. The van der Waals surface area contributed by atoms with E-state index < -0.39 is 23.5 Å². The normalized spacial score (nSPS) is 19.0. The van der Waals surface area contributed by atoms with Crippen molar-refractivity contribution in [2.45, 2.75) is 83.6 Å². The van der Waals surface area contributed by atoms with E-state index in [0.29, 0.717) is 26.0 Å². The lowest BCUT2D eigenvalue weighted by Gasteiger charge is -2.39. The standard InChI is InChI=1S/C37H50N4O6/c1-37(2,3)47-36(45)40-22-27(34(43)38-32(17-19-42)26-11-6-5-7-12-26)21-28(23-40)35(44)41(30-15-16-30)25-29-24-39(18-10-20-46-4)33-14-9-8-13-31(29)33/h5-9,11-14,24,27-28,30,32,42H,10,15-23,25H2,1-4H3,(H,38,43)/t27-,28+,32?/m0/s1. The Morgan fingerprint density at radius 2 is 1.72 bits per heavy atom. The minimum atomic E-state index is -0.719. The van der Waals surface area contributed by atoms with Crippen molar-refractivity contribution in [2.75, 3.05) is 33.4 Å². The molecule has 1 aliphatic heterocycles. The van der Waals surface area contributed by atoms with Crippen molar-refractivity contribution in [1.82, 2.24) is 19.7 Å². The third kappa shape index (κ3) is 8.93. The number of aliphatic hydroxyl groups is 1. The first-order valence-electron chi connectivity index (χ1n) is 16.9. The van der Waals surface area contributed by atoms with Gasteiger partial charge in [-0.15, -0.1) is 0 Å². The molecule has 3 atom stereocenters. The monoisotopic (exact) mass is 646 g/mol. The van der Waals surface area contributed by atoms with Gasteiger partial charge in [-0.25, -0.2) is 4.79 Å². The van der Waals surface area contributed by atoms with Crippen LogP contribution in [0.1, 0.15) is 70.0 Å². The molecule has 0 spiro atoms. The lowest BCUT2D eigenvalue weighted by Crippen LogP contribution is -2.53. The topological polar surface area (TPSA) is 113 Å². The number of para-hydroxylation sites is 1. The van der Waals surface area contributed by atoms with Gasteiger partial charge in [-0.2, -0.15) is 0 Å². The maximum absolute atomic E-state index is 14.5. The van der Waals surface area contributed by atoms with E-state index in [9.17, 15) is 19.5 Å². The van der Waals surface area contributed by atoms with E-state index in [1.807, 2.05) is 68.1 Å². The number of ether oxygens (including phenoxy) is 2. The molecule has 254 valence electrons. The van der Waals surface area contributed by atoms with Gasteiger partial charge in [0.1, 0.15) is 5.60 Å². The molecule has 1 unspecified atom stereocenters. The second-order valence-corrected chi connectivity index (χ2v) is 13.9. The van der Waals surface area contributed by atoms with Crippen LogP contribution in [0.5, 0.6) is 0 Å². The second kappa shape index (κ2) is 15.3. The van der Waals surface area contributed by atoms with Gasteiger partial charge in [-0.3, -0.25) is 9.59 Å². The third-order valence-corrected chi connectivity index (χ3v) is 8.99. The average molecular weight is 647 g/mol. The van der Waals surface area contributed by atoms with Crippen LogP contribution >= 0.6 is 0 Å². The van der Waals surface area contributed by atoms with Crippen LogP contribution < -0.4 is 5.32 Å². The molecule has 3 aromatic rings. The minimum Gasteiger partial charge on any atom is -0.444 e. The number of fused-ring (bicyclic) bond motifs is 1. The van der Waals surface area contributed by atoms with E-state index in [2.05, 4.69) is 28.2 Å². The quantitative estimate of drug-likeness (QED) is 0.245. The number of carbonyl (C=O) groups is 3. The van der Waals surface area contributed by atoms with Crippen molar-refractivity contribution in [3.8, 4) is 0 Å². The van der Waals surface area contributed by atoms with Crippen LogP contribution in [-0.2, 0) is 32.2 Å². The highest BCUT2D eigenvalue weighted by Gasteiger charge is 2.43. The van der Waals surface area contributed by atoms with Gasteiger partial charge >= 0.3 is 6.09 Å². The van der Waals surface area contributed by atoms with Gasteiger partial charge in [0.25, 0.3) is 0 Å². The Bertz CT molecular complexity index is 1510. The number of aliphatic hydroxyl groups excluding tert-OH is 1. The molecule has 1 aromatic heterocycles. The van der Waals surface area contributed by atoms with Crippen LogP contribution in [0, 0.1) is 11.8 Å². The van der Waals surface area contributed by atoms with E-state index in [1.54, 1.807) is 7.11 Å². The van der Waals surface area contributed by atoms with Crippen molar-refractivity contribution in [3.05, 3.63) is 71.9 Å². The second-order valence-electron chi connectivity index (χ2n) is 13.9. The van der Waals surface area contributed by atoms with Gasteiger partial charge in [0.2, 0.25) is 11.8 Å². The zero-order chi connectivity index (χ0) is 33.6. The van der Waals surface area contributed by atoms with Crippen LogP contribution in [0.4, 0.5) is 4.79 Å². The fourth-order valence-electron chi connectivity index (χ4n) is 6.57. The predicted molar refractivity (Wildman–Crippen MR) is 180 cm³/mol. The summed E-state index contributed by atoms with van der Waals surface area (Å²) in [5.74, 6) is -1.45. The molecule has 1 saturated heterocycles. The molecule has 5 rings (SSSR count). The number of hydrogen-bond donors (Lipinski definition) is 2. The smallest absolute Gasteiger partial charge is 0.410 e. The average Bonchev–Trinajstić information content (AvgIpc) is 3.84. The highest BCUT2D eigenvalue weighted by molar-refractivity contribution is 5.87. The Hall–Kier alpha value is -3.89. The molecule has 0 bridgehead atoms. The summed E-state index contributed by atoms with van der Waals surface area (Å²) < 4.78 is 13.2. The summed E-state index contributed by atoms with van der Waals surface area (Å²) in [6.45, 7) is 7.64. The van der Waals surface area contributed by atoms with Crippen LogP contribution in [0.25, 0.3) is 10.9 Å². The highest BCUT2D eigenvalue weighted by Crippen LogP contribution is 2.35. The highest BCUT2D eigenvalue weighted by atomic mass is 16.6. The van der Waals surface area contributed by atoms with Gasteiger partial charge in [0.15, 0.2) is 0 Å². The molecule has 2 heterocycles. The lowest BCUT2D eigenvalue weighted by atomic mass is 9.87. The summed E-state index contributed by atoms with van der Waals surface area (Å²) in [5, 5.41) is 14.0. The Balaban J connectivity index is 1.38. The van der Waals surface area contributed by atoms with E-state index >= 15 is 0 Å². The minimum absolute atomic E-state index is 0.0373. The van der Waals surface area contributed by atoms with Gasteiger partial charge in [0, 0.05) is 69.6 Å². The van der Waals surface area contributed by atoms with E-state index in [-0.39, 0.29) is 43.6 Å². The Morgan fingerprint density at radius 3 is 2.40 bits per heavy atom. The zero-order valence-electron chi connectivity index (χ0n) is 28.2. The third-order valence-electron chi connectivity index (χ3n) is 8.99. The Kier molecular flexibility index (Phi) is 11.2. The molecule has 2 fully saturated rings. The van der Waals surface area contributed by atoms with Crippen LogP contribution in [0.3, 0.4) is 0 Å². The number of amides is 3. The molecule has 2 N–H and O–H groups in total. The van der Waals surface area contributed by atoms with Gasteiger partial charge in [-0.05, 0) is 70.1 Å². The summed E-state index contributed by atoms with van der Waals surface area (Å²) in [6.07, 6.45) is 5.06. The molecule has 10 nitrogen and oxygen atoms in total. The number of benzene rings is 2. The molecule has 3 amide bonds. The number of aromatic nitrogens is 1. The number of methoxy groups -OCH3 is 1. The van der Waals surface area contributed by atoms with Crippen LogP contribution in [0.2, 0.25) is 0 Å². The largest absolute Gasteiger partial charge is 0.444 e. The Labute approximate surface area is 278 Å². The molecule has 1 saturated carbocycles. The molecular formula is C37H50N4O6. The molecule has 10 heteroatoms. The first-order chi connectivity index (χ1) is 22.6. The molecule has 2 aliphatic rings. The SMILES string of the molecule is COCCCn1cc(CN(C(=O)[C@@H]2C[C@H](C(=O)NC(CCO)c3ccccc3)CN(C(=O)OC(C)(C)C)C2)C2CC2)c2ccccc21. The number of carbonyl (C=O) groups excluding carboxylic acids is 3. The number of nitrogens with zero attached hydrogens (tertiary/aromatic N) is 3. The summed E-state index contributed by atoms with van der Waals surface area (Å²) in [7, 11) is 1.71. The molecular weight excluding hydrogens is 596 g/mol. The van der Waals surface area contributed by atoms with Crippen molar-refractivity contribution >= 4 is 28.8 Å². The first-order valence-corrected chi connectivity index (χ1v) is 16.9. The summed E-state index contributed by atoms with van der Waals surface area (Å²) in [4.78, 5) is 45.2. The van der Waals surface area contributed by atoms with Gasteiger partial charge in [-0.1, -0.05) is 48.5 Å². The zero-order valence-corrected chi connectivity index (χ0v) is 28.2. The van der Waals surface area contributed by atoms with E-state index in [4.69, 9.17) is 9.47 Å². The lowest BCUT2D eigenvalue weighted by molar-refractivity contribution is -0.140. The van der Waals surface area contributed by atoms with Crippen molar-refractivity contribution in [1.29, 1.82) is 0 Å². The molecule has 47 heavy (non-hydrogen) atoms. The number of hydrogen-bond acceptors (Lipinski definition) is 6. The van der Waals surface area contributed by atoms with E-state index in [0.717, 1.165) is 47.8 Å². The number of likely N-dealkylation sites (tertiary alicyclic amines) is 1. The summed E-state index contributed by atoms with van der Waals surface area (Å²) in [5.41, 5.74) is 2.39. The van der Waals surface area contributed by atoms with Crippen LogP contribution in [0.15, 0.2) is 60.8 Å². The molecule has 2 aromatic carbocycles. The maximum atomic E-state index is 14.5. The van der Waals surface area contributed by atoms with Crippen molar-refractivity contribution < 1.29 is 29.0 Å². The number of piperidine rings is 1. The van der Waals surface area contributed by atoms with Gasteiger partial charge in [0.05, 0.1) is 17.9 Å². The van der Waals surface area contributed by atoms with Crippen LogP contribution in [-0.4, -0.2) is 82.4 Å². The molecule has 0 radical (unpaired) electrons. The number of nitrogens with one attached hydrogen (secondary N) is 1. The fourth-order valence-corrected chi connectivity index (χ4v) is 6.57. The fraction of sp³-hybridized carbons (Fsp3) is 0.541. The number of aryl methyl sites for hydroxylation is 1. The Morgan fingerprint density at radius 1 is 1.02 bits per heavy atom. The van der Waals surface area contributed by atoms with Gasteiger partial charge < -0.3 is 34.3 Å². The van der Waals surface area contributed by atoms with Crippen molar-refractivity contribution in [2.24, 2.45) is 11.8 Å². The maximum Gasteiger partial charge on any atom is 0.410 e. The number of rotatable bonds is 13. The van der Waals surface area contributed by atoms with Crippen molar-refractivity contribution in [3.63, 3.8) is 0 Å². The predicted octanol–water partition coefficient (Wildman–Crippen LogP) is 5.28. The molecule has 1 aliphatic carbocycles. The van der Waals surface area contributed by atoms with E-state index in [1.165, 1.54) is 4.90 Å². The first kappa shape index (κ1) is 34.4. The summed E-state index contributed by atoms with van der Waals surface area (Å²) >= 11 is 0.